The van der Waals surface area contributed by atoms with E-state index in [1.807, 2.05) is 11.8 Å². The van der Waals surface area contributed by atoms with E-state index in [1.54, 1.807) is 12.1 Å². The lowest BCUT2D eigenvalue weighted by Crippen LogP contribution is -2.35. The van der Waals surface area contributed by atoms with Gasteiger partial charge in [-0.15, -0.1) is 0 Å². The normalized spacial score (nSPS) is 17.5. The molecule has 1 saturated heterocycles. The maximum absolute atomic E-state index is 10.8. The van der Waals surface area contributed by atoms with Gasteiger partial charge in [0.1, 0.15) is 0 Å². The maximum atomic E-state index is 10.8. The highest BCUT2D eigenvalue weighted by molar-refractivity contribution is 7.99. The molecule has 28 heavy (non-hydrogen) atoms. The van der Waals surface area contributed by atoms with Crippen molar-refractivity contribution in [1.82, 2.24) is 15.0 Å². The van der Waals surface area contributed by atoms with Crippen LogP contribution in [0.25, 0.3) is 11.4 Å². The summed E-state index contributed by atoms with van der Waals surface area (Å²) >= 11 is 1.96. The van der Waals surface area contributed by atoms with Crippen molar-refractivity contribution < 1.29 is 9.45 Å². The van der Waals surface area contributed by atoms with Crippen molar-refractivity contribution in [3.05, 3.63) is 75.7 Å². The Morgan fingerprint density at radius 2 is 1.96 bits per heavy atom. The minimum atomic E-state index is -0.426. The SMILES string of the molecule is Cc1ccc(C2CSCCN2Cc2nc(-c3ccc([N+](=O)[O-])cc3)no2)cc1. The fraction of sp³-hybridized carbons (Fsp3) is 0.300. The molecule has 0 amide bonds. The van der Waals surface area contributed by atoms with Gasteiger partial charge in [0.25, 0.3) is 5.69 Å². The summed E-state index contributed by atoms with van der Waals surface area (Å²) in [6.07, 6.45) is 0. The molecular formula is C20H20N4O3S. The van der Waals surface area contributed by atoms with Gasteiger partial charge in [0.05, 0.1) is 11.5 Å². The van der Waals surface area contributed by atoms with E-state index < -0.39 is 4.92 Å². The second-order valence-electron chi connectivity index (χ2n) is 6.79. The van der Waals surface area contributed by atoms with Crippen molar-refractivity contribution in [1.29, 1.82) is 0 Å². The molecule has 7 nitrogen and oxygen atoms in total. The molecule has 2 heterocycles. The average molecular weight is 396 g/mol. The van der Waals surface area contributed by atoms with E-state index in [9.17, 15) is 10.1 Å². The van der Waals surface area contributed by atoms with E-state index in [0.717, 1.165) is 18.1 Å². The molecule has 1 aliphatic heterocycles. The number of non-ortho nitro benzene ring substituents is 1. The van der Waals surface area contributed by atoms with E-state index in [1.165, 1.54) is 23.3 Å². The number of aryl methyl sites for hydroxylation is 1. The predicted molar refractivity (Wildman–Crippen MR) is 108 cm³/mol. The number of thioether (sulfide) groups is 1. The molecule has 1 aliphatic rings. The summed E-state index contributed by atoms with van der Waals surface area (Å²) in [5.41, 5.74) is 3.29. The van der Waals surface area contributed by atoms with Crippen molar-refractivity contribution in [2.24, 2.45) is 0 Å². The van der Waals surface area contributed by atoms with Gasteiger partial charge in [0.2, 0.25) is 11.7 Å². The summed E-state index contributed by atoms with van der Waals surface area (Å²) in [6.45, 7) is 3.63. The Bertz CT molecular complexity index is 956. The number of nitro groups is 1. The van der Waals surface area contributed by atoms with Crippen LogP contribution in [-0.2, 0) is 6.54 Å². The summed E-state index contributed by atoms with van der Waals surface area (Å²) in [4.78, 5) is 17.2. The van der Waals surface area contributed by atoms with Crippen LogP contribution >= 0.6 is 11.8 Å². The van der Waals surface area contributed by atoms with Crippen LogP contribution < -0.4 is 0 Å². The van der Waals surface area contributed by atoms with Crippen LogP contribution in [0.2, 0.25) is 0 Å². The van der Waals surface area contributed by atoms with Gasteiger partial charge in [-0.05, 0) is 24.6 Å². The standard InChI is InChI=1S/C20H20N4O3S/c1-14-2-4-15(5-3-14)18-13-28-11-10-23(18)12-19-21-20(22-27-19)16-6-8-17(9-7-16)24(25)26/h2-9,18H,10-13H2,1H3. The Balaban J connectivity index is 1.50. The van der Waals surface area contributed by atoms with Gasteiger partial charge in [0, 0.05) is 41.8 Å². The van der Waals surface area contributed by atoms with Crippen LogP contribution in [0.3, 0.4) is 0 Å². The Kier molecular flexibility index (Phi) is 5.40. The summed E-state index contributed by atoms with van der Waals surface area (Å²) in [5.74, 6) is 3.11. The molecule has 0 N–H and O–H groups in total. The zero-order chi connectivity index (χ0) is 19.5. The molecule has 0 saturated carbocycles. The fourth-order valence-corrected chi connectivity index (χ4v) is 4.42. The number of hydrogen-bond acceptors (Lipinski definition) is 7. The first-order valence-electron chi connectivity index (χ1n) is 9.06. The van der Waals surface area contributed by atoms with Crippen LogP contribution in [0, 0.1) is 17.0 Å². The van der Waals surface area contributed by atoms with Gasteiger partial charge in [-0.1, -0.05) is 35.0 Å². The minimum Gasteiger partial charge on any atom is -0.338 e. The van der Waals surface area contributed by atoms with Gasteiger partial charge in [-0.25, -0.2) is 0 Å². The van der Waals surface area contributed by atoms with Gasteiger partial charge in [-0.3, -0.25) is 15.0 Å². The average Bonchev–Trinajstić information content (AvgIpc) is 3.18. The van der Waals surface area contributed by atoms with Crippen molar-refractivity contribution in [2.75, 3.05) is 18.1 Å². The molecule has 1 aromatic heterocycles. The van der Waals surface area contributed by atoms with Crippen LogP contribution in [0.5, 0.6) is 0 Å². The van der Waals surface area contributed by atoms with Crippen LogP contribution in [-0.4, -0.2) is 38.0 Å². The molecular weight excluding hydrogens is 376 g/mol. The number of benzene rings is 2. The summed E-state index contributed by atoms with van der Waals surface area (Å²) in [6, 6.07) is 15.1. The smallest absolute Gasteiger partial charge is 0.269 e. The first-order chi connectivity index (χ1) is 13.6. The molecule has 1 unspecified atom stereocenters. The topological polar surface area (TPSA) is 85.3 Å². The van der Waals surface area contributed by atoms with E-state index in [0.29, 0.717) is 29.9 Å². The highest BCUT2D eigenvalue weighted by Gasteiger charge is 2.26. The van der Waals surface area contributed by atoms with Gasteiger partial charge in [0.15, 0.2) is 0 Å². The molecule has 0 radical (unpaired) electrons. The van der Waals surface area contributed by atoms with Gasteiger partial charge in [-0.2, -0.15) is 16.7 Å². The van der Waals surface area contributed by atoms with Gasteiger partial charge >= 0.3 is 0 Å². The molecule has 8 heteroatoms. The number of nitro benzene ring substituents is 1. The molecule has 0 aliphatic carbocycles. The lowest BCUT2D eigenvalue weighted by Gasteiger charge is -2.34. The highest BCUT2D eigenvalue weighted by atomic mass is 32.2. The van der Waals surface area contributed by atoms with E-state index in [2.05, 4.69) is 46.2 Å². The molecule has 1 atom stereocenters. The number of rotatable bonds is 5. The number of aromatic nitrogens is 2. The zero-order valence-electron chi connectivity index (χ0n) is 15.4. The summed E-state index contributed by atoms with van der Waals surface area (Å²) < 4.78 is 5.46. The van der Waals surface area contributed by atoms with Crippen molar-refractivity contribution in [3.63, 3.8) is 0 Å². The van der Waals surface area contributed by atoms with Crippen molar-refractivity contribution >= 4 is 17.4 Å². The second-order valence-corrected chi connectivity index (χ2v) is 7.94. The predicted octanol–water partition coefficient (Wildman–Crippen LogP) is 4.24. The minimum absolute atomic E-state index is 0.0409. The highest BCUT2D eigenvalue weighted by Crippen LogP contribution is 2.31. The Hall–Kier alpha value is -2.71. The third-order valence-corrected chi connectivity index (χ3v) is 5.87. The van der Waals surface area contributed by atoms with Crippen LogP contribution in [0.15, 0.2) is 53.1 Å². The molecule has 1 fully saturated rings. The Morgan fingerprint density at radius 1 is 1.21 bits per heavy atom. The summed E-state index contributed by atoms with van der Waals surface area (Å²) in [5, 5.41) is 14.8. The van der Waals surface area contributed by atoms with E-state index >= 15 is 0 Å². The van der Waals surface area contributed by atoms with Crippen molar-refractivity contribution in [3.8, 4) is 11.4 Å². The second kappa shape index (κ2) is 8.12. The third kappa shape index (κ3) is 4.07. The lowest BCUT2D eigenvalue weighted by atomic mass is 10.0. The summed E-state index contributed by atoms with van der Waals surface area (Å²) in [7, 11) is 0. The molecule has 0 spiro atoms. The lowest BCUT2D eigenvalue weighted by molar-refractivity contribution is -0.384. The largest absolute Gasteiger partial charge is 0.338 e. The number of nitrogens with zero attached hydrogens (tertiary/aromatic N) is 4. The fourth-order valence-electron chi connectivity index (χ4n) is 3.27. The molecule has 144 valence electrons. The number of hydrogen-bond donors (Lipinski definition) is 0. The monoisotopic (exact) mass is 396 g/mol. The molecule has 3 aromatic rings. The van der Waals surface area contributed by atoms with Crippen molar-refractivity contribution in [2.45, 2.75) is 19.5 Å². The van der Waals surface area contributed by atoms with Gasteiger partial charge < -0.3 is 4.52 Å². The molecule has 0 bridgehead atoms. The first kappa shape index (κ1) is 18.6. The quantitative estimate of drug-likeness (QED) is 0.471. The van der Waals surface area contributed by atoms with E-state index in [-0.39, 0.29) is 5.69 Å². The molecule has 2 aromatic carbocycles. The van der Waals surface area contributed by atoms with E-state index in [4.69, 9.17) is 4.52 Å². The maximum Gasteiger partial charge on any atom is 0.269 e. The third-order valence-electron chi connectivity index (χ3n) is 4.84. The van der Waals surface area contributed by atoms with Crippen LogP contribution in [0.4, 0.5) is 5.69 Å². The molecule has 4 rings (SSSR count). The Morgan fingerprint density at radius 3 is 2.68 bits per heavy atom. The first-order valence-corrected chi connectivity index (χ1v) is 10.2. The Labute approximate surface area is 166 Å². The zero-order valence-corrected chi connectivity index (χ0v) is 16.3. The van der Waals surface area contributed by atoms with Crippen LogP contribution in [0.1, 0.15) is 23.1 Å².